The third kappa shape index (κ3) is 2.60. The van der Waals surface area contributed by atoms with Crippen molar-refractivity contribution in [3.05, 3.63) is 20.3 Å². The van der Waals surface area contributed by atoms with Gasteiger partial charge in [0.1, 0.15) is 0 Å². The van der Waals surface area contributed by atoms with Crippen LogP contribution in [0.4, 0.5) is 0 Å². The summed E-state index contributed by atoms with van der Waals surface area (Å²) in [6, 6.07) is 2.93. The molecule has 1 N–H and O–H groups in total. The van der Waals surface area contributed by atoms with Crippen LogP contribution in [-0.2, 0) is 6.42 Å². The second kappa shape index (κ2) is 4.87. The van der Waals surface area contributed by atoms with Crippen LogP contribution in [0.25, 0.3) is 0 Å². The van der Waals surface area contributed by atoms with Crippen LogP contribution in [-0.4, -0.2) is 17.5 Å². The topological polar surface area (TPSA) is 12.0 Å². The smallest absolute Gasteiger partial charge is 0.0704 e. The fourth-order valence-corrected chi connectivity index (χ4v) is 5.19. The van der Waals surface area contributed by atoms with Crippen molar-refractivity contribution in [3.63, 3.8) is 0 Å². The Kier molecular flexibility index (Phi) is 3.59. The Balaban J connectivity index is 1.68. The molecule has 1 unspecified atom stereocenters. The molecular weight excluding hydrogens is 314 g/mol. The van der Waals surface area contributed by atoms with E-state index in [9.17, 15) is 0 Å². The molecule has 0 aliphatic heterocycles. The van der Waals surface area contributed by atoms with Crippen LogP contribution in [0, 0.1) is 0 Å². The summed E-state index contributed by atoms with van der Waals surface area (Å²) in [4.78, 5) is 1.59. The lowest BCUT2D eigenvalue weighted by atomic mass is 9.94. The Morgan fingerprint density at radius 1 is 1.59 bits per heavy atom. The van der Waals surface area contributed by atoms with Crippen LogP contribution in [0.3, 0.4) is 0 Å². The van der Waals surface area contributed by atoms with Gasteiger partial charge in [-0.25, -0.2) is 0 Å². The highest BCUT2D eigenvalue weighted by atomic mass is 79.9. The van der Waals surface area contributed by atoms with Gasteiger partial charge in [0.15, 0.2) is 0 Å². The number of thioether (sulfide) groups is 1. The number of fused-ring (bicyclic) bond motifs is 1. The van der Waals surface area contributed by atoms with Gasteiger partial charge in [-0.15, -0.1) is 11.3 Å². The molecule has 94 valence electrons. The quantitative estimate of drug-likeness (QED) is 0.878. The number of aryl methyl sites for hydroxylation is 1. The number of nitrogens with one attached hydrogen (secondary N) is 1. The van der Waals surface area contributed by atoms with Gasteiger partial charge in [-0.2, -0.15) is 11.8 Å². The van der Waals surface area contributed by atoms with E-state index >= 15 is 0 Å². The molecule has 0 amide bonds. The van der Waals surface area contributed by atoms with Gasteiger partial charge >= 0.3 is 0 Å². The number of halogens is 1. The fraction of sp³-hybridized carbons (Fsp3) is 0.692. The van der Waals surface area contributed by atoms with Crippen molar-refractivity contribution in [1.29, 1.82) is 0 Å². The van der Waals surface area contributed by atoms with Crippen molar-refractivity contribution in [2.45, 2.75) is 42.9 Å². The number of thiophene rings is 1. The summed E-state index contributed by atoms with van der Waals surface area (Å²) >= 11 is 7.59. The van der Waals surface area contributed by atoms with Crippen LogP contribution in [0.15, 0.2) is 9.85 Å². The summed E-state index contributed by atoms with van der Waals surface area (Å²) in [7, 11) is 0. The van der Waals surface area contributed by atoms with E-state index in [1.165, 1.54) is 42.4 Å². The molecule has 0 saturated heterocycles. The summed E-state index contributed by atoms with van der Waals surface area (Å²) in [6.45, 7) is 1.19. The van der Waals surface area contributed by atoms with Gasteiger partial charge in [-0.3, -0.25) is 0 Å². The lowest BCUT2D eigenvalue weighted by molar-refractivity contribution is 0.461. The zero-order valence-electron chi connectivity index (χ0n) is 10.1. The lowest BCUT2D eigenvalue weighted by Gasteiger charge is -2.25. The van der Waals surface area contributed by atoms with Crippen LogP contribution in [0.2, 0.25) is 0 Å². The van der Waals surface area contributed by atoms with E-state index in [1.807, 2.05) is 23.1 Å². The second-order valence-electron chi connectivity index (χ2n) is 5.14. The Morgan fingerprint density at radius 3 is 3.12 bits per heavy atom. The normalized spacial score (nSPS) is 25.6. The van der Waals surface area contributed by atoms with E-state index in [1.54, 1.807) is 10.4 Å². The molecule has 0 spiro atoms. The Labute approximate surface area is 120 Å². The van der Waals surface area contributed by atoms with Crippen LogP contribution >= 0.6 is 39.0 Å². The van der Waals surface area contributed by atoms with Crippen molar-refractivity contribution in [3.8, 4) is 0 Å². The minimum absolute atomic E-state index is 0.574. The van der Waals surface area contributed by atoms with Crippen molar-refractivity contribution < 1.29 is 0 Å². The molecule has 2 aliphatic carbocycles. The Bertz CT molecular complexity index is 412. The Morgan fingerprint density at radius 2 is 2.41 bits per heavy atom. The number of rotatable bonds is 4. The maximum atomic E-state index is 3.81. The zero-order chi connectivity index (χ0) is 11.9. The zero-order valence-corrected chi connectivity index (χ0v) is 13.3. The summed E-state index contributed by atoms with van der Waals surface area (Å²) < 4.78 is 1.87. The SMILES string of the molecule is CSC1(CNC2CCCc3sc(Br)cc32)CC1. The summed E-state index contributed by atoms with van der Waals surface area (Å²) in [5.74, 6) is 0. The molecule has 3 rings (SSSR count). The highest BCUT2D eigenvalue weighted by molar-refractivity contribution is 9.11. The van der Waals surface area contributed by atoms with Gasteiger partial charge in [0, 0.05) is 22.2 Å². The van der Waals surface area contributed by atoms with E-state index in [-0.39, 0.29) is 0 Å². The van der Waals surface area contributed by atoms with Crippen LogP contribution in [0.5, 0.6) is 0 Å². The maximum Gasteiger partial charge on any atom is 0.0704 e. The molecular formula is C13H18BrNS2. The van der Waals surface area contributed by atoms with E-state index in [0.717, 1.165) is 0 Å². The van der Waals surface area contributed by atoms with Gasteiger partial charge in [0.05, 0.1) is 3.79 Å². The highest BCUT2D eigenvalue weighted by Gasteiger charge is 2.42. The summed E-state index contributed by atoms with van der Waals surface area (Å²) in [5.41, 5.74) is 1.56. The third-order valence-corrected chi connectivity index (χ3v) is 7.13. The lowest BCUT2D eigenvalue weighted by Crippen LogP contribution is -2.31. The molecule has 17 heavy (non-hydrogen) atoms. The van der Waals surface area contributed by atoms with Gasteiger partial charge < -0.3 is 5.32 Å². The molecule has 1 aromatic heterocycles. The minimum atomic E-state index is 0.574. The van der Waals surface area contributed by atoms with Crippen molar-refractivity contribution >= 4 is 39.0 Å². The van der Waals surface area contributed by atoms with Crippen LogP contribution in [0.1, 0.15) is 42.2 Å². The van der Waals surface area contributed by atoms with Gasteiger partial charge in [0.2, 0.25) is 0 Å². The van der Waals surface area contributed by atoms with Crippen molar-refractivity contribution in [2.75, 3.05) is 12.8 Å². The summed E-state index contributed by atoms with van der Waals surface area (Å²) in [5, 5.41) is 3.81. The average Bonchev–Trinajstić information content (AvgIpc) is 3.01. The average molecular weight is 332 g/mol. The molecule has 1 aromatic rings. The predicted molar refractivity (Wildman–Crippen MR) is 81.2 cm³/mol. The Hall–Kier alpha value is 0.490. The van der Waals surface area contributed by atoms with E-state index in [2.05, 4.69) is 33.6 Å². The molecule has 1 heterocycles. The third-order valence-electron chi connectivity index (χ3n) is 4.00. The van der Waals surface area contributed by atoms with E-state index in [0.29, 0.717) is 10.8 Å². The largest absolute Gasteiger partial charge is 0.309 e. The standard InChI is InChI=1S/C13H18BrNS2/c1-16-13(5-6-13)8-15-10-3-2-4-11-9(10)7-12(14)17-11/h7,10,15H,2-6,8H2,1H3. The molecule has 0 bridgehead atoms. The maximum absolute atomic E-state index is 3.81. The fourth-order valence-electron chi connectivity index (χ4n) is 2.64. The van der Waals surface area contributed by atoms with Crippen molar-refractivity contribution in [1.82, 2.24) is 5.32 Å². The molecule has 1 nitrogen and oxygen atoms in total. The first-order chi connectivity index (χ1) is 8.22. The molecule has 4 heteroatoms. The van der Waals surface area contributed by atoms with E-state index in [4.69, 9.17) is 0 Å². The molecule has 1 fully saturated rings. The van der Waals surface area contributed by atoms with Gasteiger partial charge in [-0.05, 0) is 65.9 Å². The monoisotopic (exact) mass is 331 g/mol. The molecule has 1 saturated carbocycles. The first-order valence-electron chi connectivity index (χ1n) is 6.29. The van der Waals surface area contributed by atoms with Gasteiger partial charge in [-0.1, -0.05) is 0 Å². The van der Waals surface area contributed by atoms with Gasteiger partial charge in [0.25, 0.3) is 0 Å². The summed E-state index contributed by atoms with van der Waals surface area (Å²) in [6.07, 6.45) is 8.96. The molecule has 1 atom stereocenters. The highest BCUT2D eigenvalue weighted by Crippen LogP contribution is 2.47. The molecule has 2 aliphatic rings. The second-order valence-corrected chi connectivity index (χ2v) is 8.93. The first kappa shape index (κ1) is 12.5. The molecule has 0 radical (unpaired) electrons. The van der Waals surface area contributed by atoms with Crippen molar-refractivity contribution in [2.24, 2.45) is 0 Å². The van der Waals surface area contributed by atoms with E-state index < -0.39 is 0 Å². The first-order valence-corrected chi connectivity index (χ1v) is 9.12. The predicted octanol–water partition coefficient (Wildman–Crippen LogP) is 4.37. The minimum Gasteiger partial charge on any atom is -0.309 e. The molecule has 0 aromatic carbocycles. The number of hydrogen-bond acceptors (Lipinski definition) is 3. The number of hydrogen-bond donors (Lipinski definition) is 1. The van der Waals surface area contributed by atoms with Crippen LogP contribution < -0.4 is 5.32 Å².